The van der Waals surface area contributed by atoms with E-state index in [0.717, 1.165) is 6.42 Å². The summed E-state index contributed by atoms with van der Waals surface area (Å²) in [4.78, 5) is 14.0. The van der Waals surface area contributed by atoms with Gasteiger partial charge in [0.05, 0.1) is 0 Å². The molecule has 0 aliphatic carbocycles. The summed E-state index contributed by atoms with van der Waals surface area (Å²) in [6, 6.07) is 0.0875. The van der Waals surface area contributed by atoms with Gasteiger partial charge in [-0.25, -0.2) is 5.14 Å². The molecule has 1 aliphatic rings. The highest BCUT2D eigenvalue weighted by Crippen LogP contribution is 2.20. The van der Waals surface area contributed by atoms with Crippen LogP contribution in [0.3, 0.4) is 0 Å². The molecule has 0 saturated carbocycles. The van der Waals surface area contributed by atoms with Crippen LogP contribution in [0.25, 0.3) is 0 Å². The predicted octanol–water partition coefficient (Wildman–Crippen LogP) is -0.266. The van der Waals surface area contributed by atoms with Crippen LogP contribution in [0.1, 0.15) is 33.1 Å². The van der Waals surface area contributed by atoms with Crippen molar-refractivity contribution in [2.24, 2.45) is 22.7 Å². The van der Waals surface area contributed by atoms with E-state index in [9.17, 15) is 13.2 Å². The quantitative estimate of drug-likeness (QED) is 0.702. The highest BCUT2D eigenvalue weighted by Gasteiger charge is 2.30. The summed E-state index contributed by atoms with van der Waals surface area (Å²) in [7, 11) is -1.86. The molecule has 0 bridgehead atoms. The first kappa shape index (κ1) is 18.3. The van der Waals surface area contributed by atoms with E-state index in [4.69, 9.17) is 10.9 Å². The number of carbonyl (C=O) groups excluding carboxylic acids is 1. The van der Waals surface area contributed by atoms with Crippen LogP contribution < -0.4 is 10.9 Å². The molecule has 21 heavy (non-hydrogen) atoms. The molecular formula is C13H28N4O3S. The number of nitrogens with zero attached hydrogens (tertiary/aromatic N) is 2. The van der Waals surface area contributed by atoms with Crippen LogP contribution in [0.2, 0.25) is 0 Å². The van der Waals surface area contributed by atoms with Crippen molar-refractivity contribution in [3.05, 3.63) is 0 Å². The van der Waals surface area contributed by atoms with Gasteiger partial charge in [-0.1, -0.05) is 13.8 Å². The van der Waals surface area contributed by atoms with Crippen molar-refractivity contribution in [3.8, 4) is 0 Å². The van der Waals surface area contributed by atoms with Crippen molar-refractivity contribution in [2.45, 2.75) is 39.2 Å². The van der Waals surface area contributed by atoms with Gasteiger partial charge < -0.3 is 10.6 Å². The molecule has 0 radical (unpaired) electrons. The number of hydrogen-bond acceptors (Lipinski definition) is 4. The summed E-state index contributed by atoms with van der Waals surface area (Å²) in [6.45, 7) is 5.39. The second-order valence-corrected chi connectivity index (χ2v) is 7.72. The second kappa shape index (κ2) is 7.53. The summed E-state index contributed by atoms with van der Waals surface area (Å²) in [5.74, 6) is 0.342. The van der Waals surface area contributed by atoms with E-state index in [1.807, 2.05) is 0 Å². The molecule has 0 aromatic carbocycles. The highest BCUT2D eigenvalue weighted by atomic mass is 32.2. The van der Waals surface area contributed by atoms with Gasteiger partial charge in [-0.3, -0.25) is 4.79 Å². The van der Waals surface area contributed by atoms with Crippen LogP contribution in [0, 0.1) is 11.8 Å². The molecule has 8 heteroatoms. The second-order valence-electron chi connectivity index (χ2n) is 6.17. The average molecular weight is 320 g/mol. The monoisotopic (exact) mass is 320 g/mol. The molecule has 0 spiro atoms. The number of hydrogen-bond donors (Lipinski definition) is 2. The zero-order valence-electron chi connectivity index (χ0n) is 13.2. The lowest BCUT2D eigenvalue weighted by Crippen LogP contribution is -2.46. The molecule has 4 N–H and O–H groups in total. The van der Waals surface area contributed by atoms with E-state index >= 15 is 0 Å². The van der Waals surface area contributed by atoms with Crippen LogP contribution in [-0.4, -0.2) is 56.3 Å². The maximum absolute atomic E-state index is 12.3. The van der Waals surface area contributed by atoms with E-state index in [0.29, 0.717) is 38.4 Å². The minimum Gasteiger partial charge on any atom is -0.345 e. The Morgan fingerprint density at radius 1 is 1.33 bits per heavy atom. The lowest BCUT2D eigenvalue weighted by Gasteiger charge is -2.32. The molecule has 1 atom stereocenters. The minimum atomic E-state index is -3.63. The van der Waals surface area contributed by atoms with Gasteiger partial charge in [-0.15, -0.1) is 0 Å². The third-order valence-electron chi connectivity index (χ3n) is 4.19. The molecule has 1 amide bonds. The molecule has 1 saturated heterocycles. The smallest absolute Gasteiger partial charge is 0.276 e. The first-order valence-electron chi connectivity index (χ1n) is 7.41. The van der Waals surface area contributed by atoms with Crippen molar-refractivity contribution in [1.82, 2.24) is 9.21 Å². The summed E-state index contributed by atoms with van der Waals surface area (Å²) in [5, 5.41) is 5.09. The van der Waals surface area contributed by atoms with Gasteiger partial charge in [0.1, 0.15) is 0 Å². The topological polar surface area (TPSA) is 110 Å². The van der Waals surface area contributed by atoms with E-state index in [1.165, 1.54) is 4.31 Å². The van der Waals surface area contributed by atoms with Gasteiger partial charge in [-0.05, 0) is 25.2 Å². The molecule has 7 nitrogen and oxygen atoms in total. The Morgan fingerprint density at radius 3 is 2.29 bits per heavy atom. The Labute approximate surface area is 127 Å². The van der Waals surface area contributed by atoms with Gasteiger partial charge in [0.25, 0.3) is 10.2 Å². The molecule has 1 fully saturated rings. The van der Waals surface area contributed by atoms with Crippen LogP contribution in [0.4, 0.5) is 0 Å². The molecule has 1 heterocycles. The first-order chi connectivity index (χ1) is 9.62. The number of nitrogens with two attached hydrogens (primary N) is 2. The molecule has 1 unspecified atom stereocenters. The molecule has 124 valence electrons. The molecule has 1 rings (SSSR count). The van der Waals surface area contributed by atoms with Crippen molar-refractivity contribution in [2.75, 3.05) is 26.7 Å². The van der Waals surface area contributed by atoms with E-state index < -0.39 is 10.2 Å². The Kier molecular flexibility index (Phi) is 6.58. The average Bonchev–Trinajstić information content (AvgIpc) is 2.42. The molecule has 0 aromatic heterocycles. The fourth-order valence-corrected chi connectivity index (χ4v) is 3.17. The maximum Gasteiger partial charge on any atom is 0.276 e. The fraction of sp³-hybridized carbons (Fsp3) is 0.923. The third kappa shape index (κ3) is 5.54. The van der Waals surface area contributed by atoms with Crippen molar-refractivity contribution >= 4 is 16.1 Å². The fourth-order valence-electron chi connectivity index (χ4n) is 2.46. The molecule has 1 aliphatic heterocycles. The Bertz CT molecular complexity index is 444. The maximum atomic E-state index is 12.3. The lowest BCUT2D eigenvalue weighted by atomic mass is 9.96. The lowest BCUT2D eigenvalue weighted by molar-refractivity contribution is -0.135. The van der Waals surface area contributed by atoms with Gasteiger partial charge in [0, 0.05) is 38.6 Å². The Balaban J connectivity index is 2.43. The van der Waals surface area contributed by atoms with Gasteiger partial charge in [0.2, 0.25) is 5.91 Å². The number of amides is 1. The SMILES string of the molecule is CC(C)C(N)CCN(C)C(=O)C1CCN(S(N)(=O)=O)CC1. The Morgan fingerprint density at radius 2 is 1.86 bits per heavy atom. The predicted molar refractivity (Wildman–Crippen MR) is 82.5 cm³/mol. The number of piperidine rings is 1. The molecule has 0 aromatic rings. The van der Waals surface area contributed by atoms with Gasteiger partial charge >= 0.3 is 0 Å². The minimum absolute atomic E-state index is 0.0695. The van der Waals surface area contributed by atoms with Crippen LogP contribution in [0.15, 0.2) is 0 Å². The van der Waals surface area contributed by atoms with Crippen molar-refractivity contribution in [3.63, 3.8) is 0 Å². The summed E-state index contributed by atoms with van der Waals surface area (Å²) < 4.78 is 23.7. The van der Waals surface area contributed by atoms with E-state index in [2.05, 4.69) is 13.8 Å². The summed E-state index contributed by atoms with van der Waals surface area (Å²) in [5.41, 5.74) is 5.98. The normalized spacial score (nSPS) is 19.7. The van der Waals surface area contributed by atoms with Gasteiger partial charge in [-0.2, -0.15) is 12.7 Å². The number of rotatable bonds is 6. The zero-order valence-corrected chi connectivity index (χ0v) is 14.0. The van der Waals surface area contributed by atoms with Gasteiger partial charge in [0.15, 0.2) is 0 Å². The van der Waals surface area contributed by atoms with Crippen molar-refractivity contribution < 1.29 is 13.2 Å². The largest absolute Gasteiger partial charge is 0.345 e. The van der Waals surface area contributed by atoms with Crippen LogP contribution in [0.5, 0.6) is 0 Å². The zero-order chi connectivity index (χ0) is 16.2. The summed E-state index contributed by atoms with van der Waals surface area (Å²) >= 11 is 0. The Hall–Kier alpha value is -0.700. The van der Waals surface area contributed by atoms with E-state index in [1.54, 1.807) is 11.9 Å². The molecular weight excluding hydrogens is 292 g/mol. The van der Waals surface area contributed by atoms with Crippen molar-refractivity contribution in [1.29, 1.82) is 0 Å². The first-order valence-corrected chi connectivity index (χ1v) is 8.91. The van der Waals surface area contributed by atoms with E-state index in [-0.39, 0.29) is 17.9 Å². The standard InChI is InChI=1S/C13H28N4O3S/c1-10(2)12(14)6-7-16(3)13(18)11-4-8-17(9-5-11)21(15,19)20/h10-12H,4-9,14H2,1-3H3,(H2,15,19,20). The third-order valence-corrected chi connectivity index (χ3v) is 5.28. The number of carbonyl (C=O) groups is 1. The van der Waals surface area contributed by atoms with Crippen LogP contribution >= 0.6 is 0 Å². The highest BCUT2D eigenvalue weighted by molar-refractivity contribution is 7.86. The summed E-state index contributed by atoms with van der Waals surface area (Å²) in [6.07, 6.45) is 1.82. The van der Waals surface area contributed by atoms with Crippen LogP contribution in [-0.2, 0) is 15.0 Å².